The number of carbonyl (C=O) groups excluding carboxylic acids is 2. The molecule has 0 spiro atoms. The molecule has 7 heteroatoms. The van der Waals surface area contributed by atoms with Crippen LogP contribution in [0.4, 0.5) is 0 Å². The fraction of sp³-hybridized carbons (Fsp3) is 0.111. The van der Waals surface area contributed by atoms with E-state index in [1.54, 1.807) is 24.4 Å². The first-order chi connectivity index (χ1) is 12.0. The third-order valence-electron chi connectivity index (χ3n) is 3.85. The maximum atomic E-state index is 12.4. The van der Waals surface area contributed by atoms with Crippen LogP contribution in [0.2, 0.25) is 0 Å². The van der Waals surface area contributed by atoms with Gasteiger partial charge in [0.1, 0.15) is 5.75 Å². The Balaban J connectivity index is 1.77. The Labute approximate surface area is 152 Å². The SMILES string of the molecule is COc1ccc(Br)c(C(=O)NNC(=O)c2cn(C)c3ccccc23)c1. The van der Waals surface area contributed by atoms with Crippen molar-refractivity contribution in [2.24, 2.45) is 7.05 Å². The number of hydrazine groups is 1. The Hall–Kier alpha value is -2.80. The largest absolute Gasteiger partial charge is 0.497 e. The van der Waals surface area contributed by atoms with E-state index < -0.39 is 5.91 Å². The number of benzene rings is 2. The molecule has 6 nitrogen and oxygen atoms in total. The smallest absolute Gasteiger partial charge is 0.271 e. The second kappa shape index (κ2) is 6.98. The number of fused-ring (bicyclic) bond motifs is 1. The molecule has 0 unspecified atom stereocenters. The van der Waals surface area contributed by atoms with Crippen LogP contribution in [0.25, 0.3) is 10.9 Å². The molecule has 0 aliphatic rings. The van der Waals surface area contributed by atoms with Crippen LogP contribution in [-0.4, -0.2) is 23.5 Å². The van der Waals surface area contributed by atoms with Gasteiger partial charge in [-0.3, -0.25) is 20.4 Å². The molecular formula is C18H16BrN3O3. The number of amides is 2. The van der Waals surface area contributed by atoms with Gasteiger partial charge >= 0.3 is 0 Å². The number of ether oxygens (including phenoxy) is 1. The highest BCUT2D eigenvalue weighted by atomic mass is 79.9. The number of halogens is 1. The second-order valence-electron chi connectivity index (χ2n) is 5.42. The molecular weight excluding hydrogens is 386 g/mol. The van der Waals surface area contributed by atoms with E-state index in [0.29, 0.717) is 21.3 Å². The highest BCUT2D eigenvalue weighted by Gasteiger charge is 2.16. The summed E-state index contributed by atoms with van der Waals surface area (Å²) in [7, 11) is 3.39. The van der Waals surface area contributed by atoms with E-state index in [1.165, 1.54) is 7.11 Å². The van der Waals surface area contributed by atoms with E-state index in [4.69, 9.17) is 4.74 Å². The summed E-state index contributed by atoms with van der Waals surface area (Å²) in [6.07, 6.45) is 1.73. The van der Waals surface area contributed by atoms with Crippen LogP contribution in [0, 0.1) is 0 Å². The Morgan fingerprint density at radius 2 is 1.72 bits per heavy atom. The zero-order valence-electron chi connectivity index (χ0n) is 13.7. The first kappa shape index (κ1) is 17.0. The molecule has 3 rings (SSSR count). The van der Waals surface area contributed by atoms with Crippen LogP contribution < -0.4 is 15.6 Å². The van der Waals surface area contributed by atoms with E-state index in [0.717, 1.165) is 10.9 Å². The Bertz CT molecular complexity index is 965. The summed E-state index contributed by atoms with van der Waals surface area (Å²) in [5, 5.41) is 0.819. The van der Waals surface area contributed by atoms with E-state index in [-0.39, 0.29) is 5.91 Å². The lowest BCUT2D eigenvalue weighted by molar-refractivity contribution is 0.0847. The summed E-state index contributed by atoms with van der Waals surface area (Å²) in [5.74, 6) is -0.280. The van der Waals surface area contributed by atoms with Crippen LogP contribution in [0.3, 0.4) is 0 Å². The molecule has 0 atom stereocenters. The number of methoxy groups -OCH3 is 1. The Morgan fingerprint density at radius 3 is 2.44 bits per heavy atom. The summed E-state index contributed by atoms with van der Waals surface area (Å²) in [5.41, 5.74) is 6.67. The lowest BCUT2D eigenvalue weighted by atomic mass is 10.2. The maximum Gasteiger partial charge on any atom is 0.271 e. The van der Waals surface area contributed by atoms with Gasteiger partial charge in [0.2, 0.25) is 0 Å². The third kappa shape index (κ3) is 3.36. The molecule has 1 heterocycles. The maximum absolute atomic E-state index is 12.4. The van der Waals surface area contributed by atoms with Gasteiger partial charge in [-0.05, 0) is 40.2 Å². The second-order valence-corrected chi connectivity index (χ2v) is 6.28. The van der Waals surface area contributed by atoms with Gasteiger partial charge in [-0.1, -0.05) is 18.2 Å². The van der Waals surface area contributed by atoms with Crippen molar-refractivity contribution < 1.29 is 14.3 Å². The number of aryl methyl sites for hydroxylation is 1. The van der Waals surface area contributed by atoms with Crippen LogP contribution in [0.1, 0.15) is 20.7 Å². The van der Waals surface area contributed by atoms with Gasteiger partial charge in [0, 0.05) is 28.6 Å². The molecule has 1 aromatic heterocycles. The predicted molar refractivity (Wildman–Crippen MR) is 98.5 cm³/mol. The molecule has 2 aromatic carbocycles. The van der Waals surface area contributed by atoms with Crippen LogP contribution in [0.5, 0.6) is 5.75 Å². The number of hydrogen-bond acceptors (Lipinski definition) is 3. The molecule has 0 saturated heterocycles. The van der Waals surface area contributed by atoms with Crippen LogP contribution in [0.15, 0.2) is 53.1 Å². The van der Waals surface area contributed by atoms with Gasteiger partial charge in [0.05, 0.1) is 18.2 Å². The molecule has 0 bridgehead atoms. The van der Waals surface area contributed by atoms with Gasteiger partial charge in [-0.2, -0.15) is 0 Å². The molecule has 2 amide bonds. The van der Waals surface area contributed by atoms with Crippen LogP contribution >= 0.6 is 15.9 Å². The van der Waals surface area contributed by atoms with Gasteiger partial charge in [0.25, 0.3) is 11.8 Å². The number of aromatic nitrogens is 1. The topological polar surface area (TPSA) is 72.4 Å². The average Bonchev–Trinajstić information content (AvgIpc) is 2.97. The van der Waals surface area contributed by atoms with Crippen molar-refractivity contribution in [3.05, 3.63) is 64.3 Å². The monoisotopic (exact) mass is 401 g/mol. The zero-order valence-corrected chi connectivity index (χ0v) is 15.3. The van der Waals surface area contributed by atoms with Crippen molar-refractivity contribution in [2.45, 2.75) is 0 Å². The number of rotatable bonds is 3. The minimum Gasteiger partial charge on any atom is -0.497 e. The van der Waals surface area contributed by atoms with Crippen molar-refractivity contribution in [3.63, 3.8) is 0 Å². The summed E-state index contributed by atoms with van der Waals surface area (Å²) in [4.78, 5) is 24.8. The van der Waals surface area contributed by atoms with E-state index in [1.807, 2.05) is 35.9 Å². The first-order valence-electron chi connectivity index (χ1n) is 7.49. The number of carbonyl (C=O) groups is 2. The number of nitrogens with one attached hydrogen (secondary N) is 2. The highest BCUT2D eigenvalue weighted by molar-refractivity contribution is 9.10. The van der Waals surface area contributed by atoms with E-state index in [9.17, 15) is 9.59 Å². The summed E-state index contributed by atoms with van der Waals surface area (Å²) in [6, 6.07) is 12.6. The molecule has 25 heavy (non-hydrogen) atoms. The predicted octanol–water partition coefficient (Wildman–Crippen LogP) is 3.02. The van der Waals surface area contributed by atoms with E-state index >= 15 is 0 Å². The fourth-order valence-corrected chi connectivity index (χ4v) is 3.00. The van der Waals surface area contributed by atoms with Gasteiger partial charge < -0.3 is 9.30 Å². The van der Waals surface area contributed by atoms with Gasteiger partial charge in [0.15, 0.2) is 0 Å². The molecule has 0 saturated carbocycles. The molecule has 0 aliphatic heterocycles. The van der Waals surface area contributed by atoms with Crippen molar-refractivity contribution in [2.75, 3.05) is 7.11 Å². The lowest BCUT2D eigenvalue weighted by Gasteiger charge is -2.09. The summed E-state index contributed by atoms with van der Waals surface area (Å²) >= 11 is 3.32. The van der Waals surface area contributed by atoms with Crippen molar-refractivity contribution in [1.82, 2.24) is 15.4 Å². The minimum absolute atomic E-state index is 0.359. The van der Waals surface area contributed by atoms with Crippen molar-refractivity contribution in [1.29, 1.82) is 0 Å². The normalized spacial score (nSPS) is 10.5. The summed E-state index contributed by atoms with van der Waals surface area (Å²) < 4.78 is 7.58. The molecule has 2 N–H and O–H groups in total. The van der Waals surface area contributed by atoms with Crippen molar-refractivity contribution in [3.8, 4) is 5.75 Å². The van der Waals surface area contributed by atoms with Gasteiger partial charge in [-0.15, -0.1) is 0 Å². The summed E-state index contributed by atoms with van der Waals surface area (Å²) in [6.45, 7) is 0. The van der Waals surface area contributed by atoms with E-state index in [2.05, 4.69) is 26.8 Å². The quantitative estimate of drug-likeness (QED) is 0.662. The Kier molecular flexibility index (Phi) is 4.76. The Morgan fingerprint density at radius 1 is 1.04 bits per heavy atom. The molecule has 0 aliphatic carbocycles. The standard InChI is InChI=1S/C18H16BrN3O3/c1-22-10-14(12-5-3-4-6-16(12)22)18(24)21-20-17(23)13-9-11(25-2)7-8-15(13)19/h3-10H,1-2H3,(H,20,23)(H,21,24). The fourth-order valence-electron chi connectivity index (χ4n) is 2.58. The number of nitrogens with zero attached hydrogens (tertiary/aromatic N) is 1. The average molecular weight is 402 g/mol. The molecule has 0 fully saturated rings. The number of para-hydroxylation sites is 1. The molecule has 3 aromatic rings. The lowest BCUT2D eigenvalue weighted by Crippen LogP contribution is -2.41. The minimum atomic E-state index is -0.445. The highest BCUT2D eigenvalue weighted by Crippen LogP contribution is 2.22. The third-order valence-corrected chi connectivity index (χ3v) is 4.54. The molecule has 128 valence electrons. The molecule has 0 radical (unpaired) electrons. The van der Waals surface area contributed by atoms with Crippen LogP contribution in [-0.2, 0) is 7.05 Å². The zero-order chi connectivity index (χ0) is 18.0. The van der Waals surface area contributed by atoms with Gasteiger partial charge in [-0.25, -0.2) is 0 Å². The van der Waals surface area contributed by atoms with Crippen molar-refractivity contribution >= 4 is 38.6 Å². The first-order valence-corrected chi connectivity index (χ1v) is 8.29. The number of hydrogen-bond donors (Lipinski definition) is 2.